The molecule has 1 unspecified atom stereocenters. The van der Waals surface area contributed by atoms with Gasteiger partial charge in [-0.25, -0.2) is 0 Å². The van der Waals surface area contributed by atoms with Crippen molar-refractivity contribution < 1.29 is 0 Å². The minimum Gasteiger partial charge on any atom is -0.324 e. The Labute approximate surface area is 105 Å². The van der Waals surface area contributed by atoms with Gasteiger partial charge in [0.15, 0.2) is 0 Å². The molecule has 1 atom stereocenters. The van der Waals surface area contributed by atoms with Crippen molar-refractivity contribution in [3.63, 3.8) is 0 Å². The number of nitrogens with zero attached hydrogens (tertiary/aromatic N) is 2. The van der Waals surface area contributed by atoms with E-state index in [2.05, 4.69) is 34.5 Å². The smallest absolute Gasteiger partial charge is 0.131 e. The normalized spacial score (nSPS) is 19.0. The first-order valence-electron chi connectivity index (χ1n) is 5.96. The maximum absolute atomic E-state index is 5.58. The molecule has 0 aliphatic heterocycles. The fraction of sp³-hybridized carbons (Fsp3) is 0.385. The summed E-state index contributed by atoms with van der Waals surface area (Å²) < 4.78 is 0. The van der Waals surface area contributed by atoms with Crippen LogP contribution in [0.1, 0.15) is 33.5 Å². The largest absolute Gasteiger partial charge is 0.324 e. The molecular formula is C13H15N3S. The topological polar surface area (TPSA) is 51.8 Å². The number of benzene rings is 1. The molecule has 1 aromatic carbocycles. The van der Waals surface area contributed by atoms with E-state index >= 15 is 0 Å². The first kappa shape index (κ1) is 10.9. The number of rotatable bonds is 2. The summed E-state index contributed by atoms with van der Waals surface area (Å²) in [6, 6.07) is 8.70. The quantitative estimate of drug-likeness (QED) is 0.883. The molecule has 17 heavy (non-hydrogen) atoms. The van der Waals surface area contributed by atoms with E-state index in [1.165, 1.54) is 17.5 Å². The molecular weight excluding hydrogens is 230 g/mol. The SMILES string of the molecule is NCc1nnc(C2CCc3ccccc3C2)s1. The van der Waals surface area contributed by atoms with Gasteiger partial charge in [-0.15, -0.1) is 10.2 Å². The molecule has 0 radical (unpaired) electrons. The predicted molar refractivity (Wildman–Crippen MR) is 69.0 cm³/mol. The fourth-order valence-electron chi connectivity index (χ4n) is 2.42. The second kappa shape index (κ2) is 4.55. The zero-order chi connectivity index (χ0) is 11.7. The van der Waals surface area contributed by atoms with E-state index in [0.29, 0.717) is 12.5 Å². The Morgan fingerprint density at radius 3 is 2.82 bits per heavy atom. The van der Waals surface area contributed by atoms with Gasteiger partial charge in [-0.3, -0.25) is 0 Å². The predicted octanol–water partition coefficient (Wildman–Crippen LogP) is 2.27. The van der Waals surface area contributed by atoms with Crippen molar-refractivity contribution in [1.29, 1.82) is 0 Å². The van der Waals surface area contributed by atoms with E-state index in [9.17, 15) is 0 Å². The summed E-state index contributed by atoms with van der Waals surface area (Å²) in [6.07, 6.45) is 3.42. The van der Waals surface area contributed by atoms with Gasteiger partial charge in [0.25, 0.3) is 0 Å². The summed E-state index contributed by atoms with van der Waals surface area (Å²) in [5.41, 5.74) is 8.54. The van der Waals surface area contributed by atoms with Gasteiger partial charge in [-0.2, -0.15) is 0 Å². The zero-order valence-electron chi connectivity index (χ0n) is 9.60. The second-order valence-corrected chi connectivity index (χ2v) is 5.54. The van der Waals surface area contributed by atoms with Crippen molar-refractivity contribution >= 4 is 11.3 Å². The van der Waals surface area contributed by atoms with Crippen LogP contribution < -0.4 is 5.73 Å². The molecule has 1 aliphatic rings. The van der Waals surface area contributed by atoms with Crippen molar-refractivity contribution in [1.82, 2.24) is 10.2 Å². The first-order chi connectivity index (χ1) is 8.36. The van der Waals surface area contributed by atoms with E-state index in [1.807, 2.05) is 0 Å². The summed E-state index contributed by atoms with van der Waals surface area (Å²) in [5, 5.41) is 10.5. The lowest BCUT2D eigenvalue weighted by atomic mass is 9.84. The summed E-state index contributed by atoms with van der Waals surface area (Å²) in [6.45, 7) is 0.501. The van der Waals surface area contributed by atoms with E-state index in [4.69, 9.17) is 5.73 Å². The lowest BCUT2D eigenvalue weighted by Crippen LogP contribution is -2.12. The number of aromatic nitrogens is 2. The Hall–Kier alpha value is -1.26. The number of hydrogen-bond donors (Lipinski definition) is 1. The third-order valence-corrected chi connectivity index (χ3v) is 4.46. The Balaban J connectivity index is 1.84. The van der Waals surface area contributed by atoms with Crippen molar-refractivity contribution in [3.8, 4) is 0 Å². The minimum atomic E-state index is 0.501. The van der Waals surface area contributed by atoms with Gasteiger partial charge in [0, 0.05) is 12.5 Å². The highest BCUT2D eigenvalue weighted by Gasteiger charge is 2.22. The number of fused-ring (bicyclic) bond motifs is 1. The van der Waals surface area contributed by atoms with Crippen molar-refractivity contribution in [3.05, 3.63) is 45.4 Å². The maximum Gasteiger partial charge on any atom is 0.131 e. The summed E-state index contributed by atoms with van der Waals surface area (Å²) in [4.78, 5) is 0. The molecule has 0 saturated carbocycles. The van der Waals surface area contributed by atoms with Crippen LogP contribution in [0.25, 0.3) is 0 Å². The Bertz CT molecular complexity index is 521. The van der Waals surface area contributed by atoms with Crippen LogP contribution in [-0.2, 0) is 19.4 Å². The monoisotopic (exact) mass is 245 g/mol. The number of hydrogen-bond acceptors (Lipinski definition) is 4. The van der Waals surface area contributed by atoms with Crippen LogP contribution in [0, 0.1) is 0 Å². The summed E-state index contributed by atoms with van der Waals surface area (Å²) in [5.74, 6) is 0.530. The zero-order valence-corrected chi connectivity index (χ0v) is 10.4. The van der Waals surface area contributed by atoms with Crippen molar-refractivity contribution in [2.75, 3.05) is 0 Å². The third kappa shape index (κ3) is 2.10. The molecule has 4 heteroatoms. The highest BCUT2D eigenvalue weighted by molar-refractivity contribution is 7.11. The van der Waals surface area contributed by atoms with E-state index in [-0.39, 0.29) is 0 Å². The second-order valence-electron chi connectivity index (χ2n) is 4.45. The lowest BCUT2D eigenvalue weighted by Gasteiger charge is -2.22. The molecule has 3 nitrogen and oxygen atoms in total. The summed E-state index contributed by atoms with van der Waals surface area (Å²) >= 11 is 1.67. The molecule has 88 valence electrons. The standard InChI is InChI=1S/C13H15N3S/c14-8-12-15-16-13(17-12)11-6-5-9-3-1-2-4-10(9)7-11/h1-4,11H,5-8,14H2. The molecule has 2 aromatic rings. The number of nitrogens with two attached hydrogens (primary N) is 1. The van der Waals surface area contributed by atoms with Gasteiger partial charge < -0.3 is 5.73 Å². The molecule has 0 saturated heterocycles. The van der Waals surface area contributed by atoms with Crippen LogP contribution in [0.3, 0.4) is 0 Å². The van der Waals surface area contributed by atoms with Crippen molar-refractivity contribution in [2.45, 2.75) is 31.7 Å². The highest BCUT2D eigenvalue weighted by atomic mass is 32.1. The number of aryl methyl sites for hydroxylation is 1. The molecule has 0 bridgehead atoms. The van der Waals surface area contributed by atoms with Crippen LogP contribution >= 0.6 is 11.3 Å². The van der Waals surface area contributed by atoms with E-state index < -0.39 is 0 Å². The van der Waals surface area contributed by atoms with Gasteiger partial charge in [0.05, 0.1) is 0 Å². The van der Waals surface area contributed by atoms with Crippen LogP contribution in [0.5, 0.6) is 0 Å². The van der Waals surface area contributed by atoms with Gasteiger partial charge in [0.1, 0.15) is 10.0 Å². The first-order valence-corrected chi connectivity index (χ1v) is 6.77. The molecule has 0 spiro atoms. The Kier molecular flexibility index (Phi) is 2.91. The molecule has 0 amide bonds. The Morgan fingerprint density at radius 2 is 2.06 bits per heavy atom. The highest BCUT2D eigenvalue weighted by Crippen LogP contribution is 2.33. The molecule has 0 fully saturated rings. The maximum atomic E-state index is 5.58. The lowest BCUT2D eigenvalue weighted by molar-refractivity contribution is 0.577. The van der Waals surface area contributed by atoms with E-state index in [0.717, 1.165) is 22.9 Å². The van der Waals surface area contributed by atoms with E-state index in [1.54, 1.807) is 11.3 Å². The van der Waals surface area contributed by atoms with Crippen LogP contribution in [-0.4, -0.2) is 10.2 Å². The average Bonchev–Trinajstić information content (AvgIpc) is 2.87. The Morgan fingerprint density at radius 1 is 1.24 bits per heavy atom. The minimum absolute atomic E-state index is 0.501. The molecule has 1 heterocycles. The molecule has 3 rings (SSSR count). The molecule has 1 aliphatic carbocycles. The van der Waals surface area contributed by atoms with Crippen molar-refractivity contribution in [2.24, 2.45) is 5.73 Å². The molecule has 2 N–H and O–H groups in total. The average molecular weight is 245 g/mol. The summed E-state index contributed by atoms with van der Waals surface area (Å²) in [7, 11) is 0. The van der Waals surface area contributed by atoms with Gasteiger partial charge in [-0.1, -0.05) is 35.6 Å². The third-order valence-electron chi connectivity index (χ3n) is 3.35. The van der Waals surface area contributed by atoms with Crippen LogP contribution in [0.15, 0.2) is 24.3 Å². The van der Waals surface area contributed by atoms with Gasteiger partial charge in [-0.05, 0) is 30.4 Å². The van der Waals surface area contributed by atoms with Gasteiger partial charge >= 0.3 is 0 Å². The van der Waals surface area contributed by atoms with Crippen LogP contribution in [0.2, 0.25) is 0 Å². The molecule has 1 aromatic heterocycles. The van der Waals surface area contributed by atoms with Gasteiger partial charge in [0.2, 0.25) is 0 Å². The van der Waals surface area contributed by atoms with Crippen LogP contribution in [0.4, 0.5) is 0 Å². The fourth-order valence-corrected chi connectivity index (χ4v) is 3.28.